The van der Waals surface area contributed by atoms with Gasteiger partial charge in [0.15, 0.2) is 0 Å². The molecule has 0 saturated carbocycles. The van der Waals surface area contributed by atoms with Crippen LogP contribution in [0.5, 0.6) is 5.75 Å². The smallest absolute Gasteiger partial charge is 0.274 e. The SMILES string of the molecule is C[C@H]1COc2cc(C(=O)NO)ccc2CN1C(=O)CC1CCOCC1.S. The highest BCUT2D eigenvalue weighted by atomic mass is 32.1. The Morgan fingerprint density at radius 2 is 2.04 bits per heavy atom. The van der Waals surface area contributed by atoms with E-state index in [0.29, 0.717) is 36.8 Å². The molecule has 3 rings (SSSR count). The first-order valence-electron chi connectivity index (χ1n) is 8.66. The summed E-state index contributed by atoms with van der Waals surface area (Å²) in [6.45, 7) is 4.26. The van der Waals surface area contributed by atoms with Crippen molar-refractivity contribution in [2.24, 2.45) is 5.92 Å². The summed E-state index contributed by atoms with van der Waals surface area (Å²) in [6, 6.07) is 4.94. The fourth-order valence-corrected chi connectivity index (χ4v) is 3.31. The number of nitrogens with one attached hydrogen (secondary N) is 1. The lowest BCUT2D eigenvalue weighted by molar-refractivity contribution is -0.135. The molecule has 1 atom stereocenters. The minimum Gasteiger partial charge on any atom is -0.491 e. The Hall–Kier alpha value is -1.77. The molecule has 0 spiro atoms. The molecule has 0 aliphatic carbocycles. The second kappa shape index (κ2) is 9.25. The number of rotatable bonds is 3. The molecule has 0 aromatic heterocycles. The van der Waals surface area contributed by atoms with Gasteiger partial charge in [0.2, 0.25) is 5.91 Å². The third-order valence-electron chi connectivity index (χ3n) is 4.91. The third-order valence-corrected chi connectivity index (χ3v) is 4.91. The van der Waals surface area contributed by atoms with E-state index in [1.807, 2.05) is 11.8 Å². The van der Waals surface area contributed by atoms with Crippen LogP contribution in [0, 0.1) is 5.92 Å². The summed E-state index contributed by atoms with van der Waals surface area (Å²) in [5, 5.41) is 8.76. The highest BCUT2D eigenvalue weighted by molar-refractivity contribution is 7.59. The normalized spacial score (nSPS) is 20.2. The molecule has 2 heterocycles. The molecule has 0 radical (unpaired) electrons. The topological polar surface area (TPSA) is 88.1 Å². The molecule has 2 aliphatic heterocycles. The summed E-state index contributed by atoms with van der Waals surface area (Å²) in [5.41, 5.74) is 2.79. The molecule has 2 N–H and O–H groups in total. The standard InChI is InChI=1S/C18H24N2O5.H2S/c1-12-11-25-16-9-14(18(22)19-23)2-3-15(16)10-20(12)17(21)8-13-4-6-24-7-5-13;/h2-3,9,12-13,23H,4-8,10-11H2,1H3,(H,19,22);1H2/t12-;/m0./s1. The van der Waals surface area contributed by atoms with E-state index in [1.165, 1.54) is 0 Å². The number of hydrogen-bond acceptors (Lipinski definition) is 5. The molecule has 1 saturated heterocycles. The van der Waals surface area contributed by atoms with Gasteiger partial charge in [-0.15, -0.1) is 0 Å². The predicted octanol–water partition coefficient (Wildman–Crippen LogP) is 1.84. The summed E-state index contributed by atoms with van der Waals surface area (Å²) in [4.78, 5) is 26.2. The van der Waals surface area contributed by atoms with Crippen LogP contribution >= 0.6 is 13.5 Å². The van der Waals surface area contributed by atoms with Gasteiger partial charge in [-0.25, -0.2) is 5.48 Å². The minimum absolute atomic E-state index is 0. The lowest BCUT2D eigenvalue weighted by atomic mass is 9.95. The molecule has 7 nitrogen and oxygen atoms in total. The van der Waals surface area contributed by atoms with E-state index in [0.717, 1.165) is 31.6 Å². The molecule has 1 fully saturated rings. The van der Waals surface area contributed by atoms with Crippen LogP contribution in [0.1, 0.15) is 42.1 Å². The van der Waals surface area contributed by atoms with Crippen molar-refractivity contribution >= 4 is 25.3 Å². The van der Waals surface area contributed by atoms with Crippen molar-refractivity contribution in [3.63, 3.8) is 0 Å². The molecule has 8 heteroatoms. The Kier molecular flexibility index (Phi) is 7.31. The average Bonchev–Trinajstić information content (AvgIpc) is 2.80. The van der Waals surface area contributed by atoms with Crippen LogP contribution in [-0.4, -0.2) is 47.8 Å². The average molecular weight is 382 g/mol. The Balaban J connectivity index is 0.00000243. The Labute approximate surface area is 160 Å². The number of hydrogen-bond donors (Lipinski definition) is 2. The van der Waals surface area contributed by atoms with E-state index in [2.05, 4.69) is 0 Å². The zero-order valence-corrected chi connectivity index (χ0v) is 15.9. The van der Waals surface area contributed by atoms with Gasteiger partial charge < -0.3 is 14.4 Å². The van der Waals surface area contributed by atoms with Crippen LogP contribution in [-0.2, 0) is 16.1 Å². The molecule has 0 bridgehead atoms. The quantitative estimate of drug-likeness (QED) is 0.615. The summed E-state index contributed by atoms with van der Waals surface area (Å²) in [6.07, 6.45) is 2.40. The second-order valence-corrected chi connectivity index (χ2v) is 6.70. The largest absolute Gasteiger partial charge is 0.491 e. The van der Waals surface area contributed by atoms with Gasteiger partial charge in [0.1, 0.15) is 12.4 Å². The third kappa shape index (κ3) is 4.69. The summed E-state index contributed by atoms with van der Waals surface area (Å²) >= 11 is 0. The second-order valence-electron chi connectivity index (χ2n) is 6.70. The molecule has 0 unspecified atom stereocenters. The summed E-state index contributed by atoms with van der Waals surface area (Å²) in [5.74, 6) is 0.506. The first kappa shape index (κ1) is 20.5. The van der Waals surface area contributed by atoms with Crippen molar-refractivity contribution in [3.05, 3.63) is 29.3 Å². The number of hydroxylamine groups is 1. The van der Waals surface area contributed by atoms with Crippen LogP contribution in [0.3, 0.4) is 0 Å². The number of amides is 2. The van der Waals surface area contributed by atoms with Crippen molar-refractivity contribution in [2.45, 2.75) is 38.8 Å². The van der Waals surface area contributed by atoms with Crippen LogP contribution in [0.25, 0.3) is 0 Å². The number of ether oxygens (including phenoxy) is 2. The summed E-state index contributed by atoms with van der Waals surface area (Å²) < 4.78 is 11.1. The van der Waals surface area contributed by atoms with Crippen molar-refractivity contribution in [1.82, 2.24) is 10.4 Å². The molecule has 1 aromatic carbocycles. The fourth-order valence-electron chi connectivity index (χ4n) is 3.31. The maximum absolute atomic E-state index is 12.8. The monoisotopic (exact) mass is 382 g/mol. The molecular formula is C18H26N2O5S. The number of benzene rings is 1. The molecule has 26 heavy (non-hydrogen) atoms. The molecular weight excluding hydrogens is 356 g/mol. The van der Waals surface area contributed by atoms with Gasteiger partial charge in [-0.1, -0.05) is 6.07 Å². The predicted molar refractivity (Wildman–Crippen MR) is 99.7 cm³/mol. The molecule has 1 aromatic rings. The van der Waals surface area contributed by atoms with Crippen molar-refractivity contribution < 1.29 is 24.3 Å². The fraction of sp³-hybridized carbons (Fsp3) is 0.556. The zero-order chi connectivity index (χ0) is 17.8. The van der Waals surface area contributed by atoms with Crippen LogP contribution < -0.4 is 10.2 Å². The van der Waals surface area contributed by atoms with E-state index in [9.17, 15) is 9.59 Å². The highest BCUT2D eigenvalue weighted by Gasteiger charge is 2.28. The van der Waals surface area contributed by atoms with Crippen LogP contribution in [0.4, 0.5) is 0 Å². The number of carbonyl (C=O) groups is 2. The van der Waals surface area contributed by atoms with Gasteiger partial charge in [-0.2, -0.15) is 13.5 Å². The van der Waals surface area contributed by atoms with E-state index in [-0.39, 0.29) is 25.4 Å². The van der Waals surface area contributed by atoms with Crippen molar-refractivity contribution in [1.29, 1.82) is 0 Å². The van der Waals surface area contributed by atoms with Gasteiger partial charge in [0.05, 0.1) is 6.04 Å². The number of carbonyl (C=O) groups excluding carboxylic acids is 2. The lowest BCUT2D eigenvalue weighted by Gasteiger charge is -2.29. The van der Waals surface area contributed by atoms with E-state index in [1.54, 1.807) is 23.7 Å². The number of fused-ring (bicyclic) bond motifs is 1. The van der Waals surface area contributed by atoms with Gasteiger partial charge in [0.25, 0.3) is 5.91 Å². The maximum atomic E-state index is 12.8. The Morgan fingerprint density at radius 1 is 1.31 bits per heavy atom. The molecule has 2 aliphatic rings. The summed E-state index contributed by atoms with van der Waals surface area (Å²) in [7, 11) is 0. The molecule has 144 valence electrons. The van der Waals surface area contributed by atoms with Gasteiger partial charge in [-0.05, 0) is 37.8 Å². The zero-order valence-electron chi connectivity index (χ0n) is 14.9. The first-order valence-corrected chi connectivity index (χ1v) is 8.66. The van der Waals surface area contributed by atoms with E-state index in [4.69, 9.17) is 14.7 Å². The van der Waals surface area contributed by atoms with Crippen LogP contribution in [0.15, 0.2) is 18.2 Å². The van der Waals surface area contributed by atoms with Crippen molar-refractivity contribution in [3.8, 4) is 5.75 Å². The maximum Gasteiger partial charge on any atom is 0.274 e. The van der Waals surface area contributed by atoms with Gasteiger partial charge >= 0.3 is 0 Å². The van der Waals surface area contributed by atoms with Crippen molar-refractivity contribution in [2.75, 3.05) is 19.8 Å². The molecule has 2 amide bonds. The van der Waals surface area contributed by atoms with E-state index >= 15 is 0 Å². The lowest BCUT2D eigenvalue weighted by Crippen LogP contribution is -2.41. The van der Waals surface area contributed by atoms with Gasteiger partial charge in [-0.3, -0.25) is 14.8 Å². The minimum atomic E-state index is -0.587. The number of nitrogens with zero attached hydrogens (tertiary/aromatic N) is 1. The van der Waals surface area contributed by atoms with Crippen LogP contribution in [0.2, 0.25) is 0 Å². The first-order chi connectivity index (χ1) is 12.1. The Bertz CT molecular complexity index is 648. The highest BCUT2D eigenvalue weighted by Crippen LogP contribution is 2.28. The van der Waals surface area contributed by atoms with Gasteiger partial charge in [0, 0.05) is 37.3 Å². The van der Waals surface area contributed by atoms with E-state index < -0.39 is 5.91 Å². The Morgan fingerprint density at radius 3 is 2.73 bits per heavy atom.